The summed E-state index contributed by atoms with van der Waals surface area (Å²) in [5.74, 6) is 7.83. The van der Waals surface area contributed by atoms with E-state index in [0.29, 0.717) is 54.7 Å². The number of fused-ring (bicyclic) bond motifs is 1. The lowest BCUT2D eigenvalue weighted by atomic mass is 9.97. The summed E-state index contributed by atoms with van der Waals surface area (Å²) < 4.78 is 6.33. The summed E-state index contributed by atoms with van der Waals surface area (Å²) in [5.41, 5.74) is 6.38. The third-order valence-electron chi connectivity index (χ3n) is 11.4. The van der Waals surface area contributed by atoms with Gasteiger partial charge < -0.3 is 29.8 Å². The van der Waals surface area contributed by atoms with Gasteiger partial charge >= 0.3 is 0 Å². The van der Waals surface area contributed by atoms with Crippen LogP contribution in [-0.2, 0) is 20.8 Å². The Morgan fingerprint density at radius 3 is 2.50 bits per heavy atom. The van der Waals surface area contributed by atoms with Crippen LogP contribution < -0.4 is 10.6 Å². The highest BCUT2D eigenvalue weighted by atomic mass is 16.4. The maximum atomic E-state index is 14.1. The van der Waals surface area contributed by atoms with Gasteiger partial charge in [0.25, 0.3) is 0 Å². The number of carbonyl (C=O) groups is 3. The van der Waals surface area contributed by atoms with Crippen molar-refractivity contribution in [3.63, 3.8) is 0 Å². The molecule has 4 atom stereocenters. The van der Waals surface area contributed by atoms with Crippen molar-refractivity contribution in [1.82, 2.24) is 35.0 Å². The van der Waals surface area contributed by atoms with Gasteiger partial charge in [-0.1, -0.05) is 78.6 Å². The lowest BCUT2D eigenvalue weighted by Crippen LogP contribution is -2.53. The molecule has 0 aliphatic carbocycles. The van der Waals surface area contributed by atoms with Gasteiger partial charge in [0, 0.05) is 36.3 Å². The summed E-state index contributed by atoms with van der Waals surface area (Å²) in [5, 5.41) is 6.36. The maximum absolute atomic E-state index is 14.1. The number of anilines is 1. The summed E-state index contributed by atoms with van der Waals surface area (Å²) in [6.07, 6.45) is 4.84. The largest absolute Gasteiger partial charge is 0.436 e. The Balaban J connectivity index is 0.998. The molecule has 0 saturated carbocycles. The zero-order valence-corrected chi connectivity index (χ0v) is 34.4. The van der Waals surface area contributed by atoms with Crippen LogP contribution in [0.3, 0.4) is 0 Å². The van der Waals surface area contributed by atoms with Gasteiger partial charge in [-0.15, -0.1) is 0 Å². The SMILES string of the molecule is CNCC1CC#C[C@@H](c2nc3ccc(-c4cnc(-c5ccc(C)c(NC(=O)[C@@H]6CCCCN6C(=O)[C@@H](c6ccccc6)N(C)C)c5)o4)cc3[nH]2)N1C(=O)Cc1ccccc1. The van der Waals surface area contributed by atoms with E-state index in [0.717, 1.165) is 46.1 Å². The Bertz CT molecular complexity index is 2550. The number of benzene rings is 4. The number of oxazole rings is 1. The van der Waals surface area contributed by atoms with Crippen molar-refractivity contribution in [2.45, 2.75) is 63.2 Å². The number of aryl methyl sites for hydroxylation is 1. The molecule has 2 aliphatic rings. The Morgan fingerprint density at radius 1 is 0.967 bits per heavy atom. The van der Waals surface area contributed by atoms with Crippen molar-refractivity contribution in [1.29, 1.82) is 0 Å². The van der Waals surface area contributed by atoms with E-state index in [9.17, 15) is 14.4 Å². The van der Waals surface area contributed by atoms with E-state index in [2.05, 4.69) is 32.4 Å². The van der Waals surface area contributed by atoms with Crippen LogP contribution in [0.4, 0.5) is 5.69 Å². The number of nitrogens with one attached hydrogen (secondary N) is 3. The van der Waals surface area contributed by atoms with Crippen LogP contribution in [0.5, 0.6) is 0 Å². The zero-order valence-electron chi connectivity index (χ0n) is 34.4. The molecule has 2 aliphatic heterocycles. The van der Waals surface area contributed by atoms with E-state index < -0.39 is 18.1 Å². The van der Waals surface area contributed by atoms with Crippen LogP contribution in [-0.4, -0.2) is 93.7 Å². The number of imidazole rings is 1. The number of H-pyrrole nitrogens is 1. The standard InChI is InChI=1S/C48H50N8O4/c1-31-21-22-35(28-38(31)53-46(58)41-19-11-12-25-55(41)48(59)44(54(3)4)33-16-9-6-10-17-33)47-50-30-42(60-47)34-23-24-37-39(27-34)52-45(51-37)40-20-13-18-36(29-49-2)56(40)43(57)26-32-14-7-5-8-15-32/h5-10,14-17,21-24,27-28,30,36,40-41,44,49H,11-12,18-19,25-26,29H2,1-4H3,(H,51,52)(H,53,58)/t36?,40-,41-,44+/m0/s1. The zero-order chi connectivity index (χ0) is 41.8. The minimum absolute atomic E-state index is 0.00217. The van der Waals surface area contributed by atoms with E-state index in [1.54, 1.807) is 11.1 Å². The molecule has 0 radical (unpaired) electrons. The molecular formula is C48H50N8O4. The highest BCUT2D eigenvalue weighted by molar-refractivity contribution is 5.99. The van der Waals surface area contributed by atoms with Gasteiger partial charge in [-0.05, 0) is 94.4 Å². The molecule has 1 fully saturated rings. The van der Waals surface area contributed by atoms with E-state index in [-0.39, 0.29) is 30.2 Å². The van der Waals surface area contributed by atoms with Crippen LogP contribution in [0.2, 0.25) is 0 Å². The molecule has 1 unspecified atom stereocenters. The first kappa shape index (κ1) is 40.2. The van der Waals surface area contributed by atoms with E-state index in [1.807, 2.05) is 135 Å². The lowest BCUT2D eigenvalue weighted by Gasteiger charge is -2.38. The van der Waals surface area contributed by atoms with Crippen molar-refractivity contribution in [3.05, 3.63) is 126 Å². The molecule has 1 saturated heterocycles. The van der Waals surface area contributed by atoms with Crippen molar-refractivity contribution in [3.8, 4) is 34.6 Å². The second-order valence-electron chi connectivity index (χ2n) is 15.8. The molecule has 4 aromatic carbocycles. The second-order valence-corrected chi connectivity index (χ2v) is 15.8. The Hall–Kier alpha value is -6.55. The van der Waals surface area contributed by atoms with Gasteiger partial charge in [0.1, 0.15) is 17.9 Å². The van der Waals surface area contributed by atoms with E-state index in [1.165, 1.54) is 0 Å². The van der Waals surface area contributed by atoms with E-state index >= 15 is 0 Å². The lowest BCUT2D eigenvalue weighted by molar-refractivity contribution is -0.144. The number of aromatic nitrogens is 3. The Kier molecular flexibility index (Phi) is 11.9. The van der Waals surface area contributed by atoms with Crippen LogP contribution in [0.25, 0.3) is 33.8 Å². The molecule has 6 aromatic rings. The number of rotatable bonds is 12. The van der Waals surface area contributed by atoms with Gasteiger partial charge in [-0.25, -0.2) is 9.97 Å². The highest BCUT2D eigenvalue weighted by Crippen LogP contribution is 2.33. The number of likely N-dealkylation sites (N-methyl/N-ethyl adjacent to an activating group) is 2. The first-order chi connectivity index (χ1) is 29.2. The fraction of sp³-hybridized carbons (Fsp3) is 0.312. The summed E-state index contributed by atoms with van der Waals surface area (Å²) in [7, 11) is 5.67. The topological polar surface area (TPSA) is 140 Å². The number of hydrogen-bond acceptors (Lipinski definition) is 8. The van der Waals surface area contributed by atoms with Gasteiger partial charge in [-0.2, -0.15) is 0 Å². The van der Waals surface area contributed by atoms with Gasteiger partial charge in [0.2, 0.25) is 23.6 Å². The maximum Gasteiger partial charge on any atom is 0.247 e. The number of aromatic amines is 1. The molecule has 0 bridgehead atoms. The summed E-state index contributed by atoms with van der Waals surface area (Å²) in [6, 6.07) is 29.3. The first-order valence-corrected chi connectivity index (χ1v) is 20.6. The fourth-order valence-corrected chi connectivity index (χ4v) is 8.35. The summed E-state index contributed by atoms with van der Waals surface area (Å²) in [4.78, 5) is 60.4. The van der Waals surface area contributed by atoms with E-state index in [4.69, 9.17) is 9.40 Å². The number of likely N-dealkylation sites (tertiary alicyclic amines) is 1. The van der Waals surface area contributed by atoms with Crippen LogP contribution in [0.1, 0.15) is 60.3 Å². The average molecular weight is 803 g/mol. The minimum atomic E-state index is -0.593. The molecule has 3 N–H and O–H groups in total. The molecule has 2 aromatic heterocycles. The third kappa shape index (κ3) is 8.46. The molecule has 3 amide bonds. The first-order valence-electron chi connectivity index (χ1n) is 20.6. The van der Waals surface area contributed by atoms with Crippen molar-refractivity contribution in [2.24, 2.45) is 0 Å². The predicted molar refractivity (Wildman–Crippen MR) is 232 cm³/mol. The number of piperidine rings is 1. The van der Waals surface area contributed by atoms with Crippen molar-refractivity contribution in [2.75, 3.05) is 39.5 Å². The molecule has 306 valence electrons. The van der Waals surface area contributed by atoms with Crippen LogP contribution in [0.15, 0.2) is 108 Å². The molecule has 60 heavy (non-hydrogen) atoms. The molecular weight excluding hydrogens is 753 g/mol. The number of carbonyl (C=O) groups excluding carboxylic acids is 3. The number of amides is 3. The molecule has 4 heterocycles. The highest BCUT2D eigenvalue weighted by Gasteiger charge is 2.37. The second kappa shape index (κ2) is 17.7. The summed E-state index contributed by atoms with van der Waals surface area (Å²) in [6.45, 7) is 3.08. The van der Waals surface area contributed by atoms with Crippen LogP contribution in [0, 0.1) is 18.8 Å². The van der Waals surface area contributed by atoms with Gasteiger partial charge in [0.05, 0.1) is 29.7 Å². The smallest absolute Gasteiger partial charge is 0.247 e. The molecule has 0 spiro atoms. The number of nitrogens with zero attached hydrogens (tertiary/aromatic N) is 5. The third-order valence-corrected chi connectivity index (χ3v) is 11.4. The quantitative estimate of drug-likeness (QED) is 0.113. The monoisotopic (exact) mass is 802 g/mol. The Morgan fingerprint density at radius 2 is 1.73 bits per heavy atom. The minimum Gasteiger partial charge on any atom is -0.436 e. The van der Waals surface area contributed by atoms with Crippen LogP contribution >= 0.6 is 0 Å². The average Bonchev–Trinajstić information content (AvgIpc) is 3.93. The molecule has 12 heteroatoms. The Labute approximate surface area is 350 Å². The fourth-order valence-electron chi connectivity index (χ4n) is 8.35. The van der Waals surface area contributed by atoms with Gasteiger partial charge in [-0.3, -0.25) is 19.3 Å². The molecule has 12 nitrogen and oxygen atoms in total. The summed E-state index contributed by atoms with van der Waals surface area (Å²) >= 11 is 0. The number of hydrogen-bond donors (Lipinski definition) is 3. The van der Waals surface area contributed by atoms with Crippen molar-refractivity contribution < 1.29 is 18.8 Å². The normalized spacial score (nSPS) is 18.2. The molecule has 8 rings (SSSR count). The van der Waals surface area contributed by atoms with Gasteiger partial charge in [0.15, 0.2) is 11.8 Å². The predicted octanol–water partition coefficient (Wildman–Crippen LogP) is 6.92. The van der Waals surface area contributed by atoms with Crippen molar-refractivity contribution >= 4 is 34.4 Å².